The quantitative estimate of drug-likeness (QED) is 0.731. The highest BCUT2D eigenvalue weighted by Crippen LogP contribution is 2.27. The van der Waals surface area contributed by atoms with Crippen LogP contribution in [0.1, 0.15) is 35.1 Å². The summed E-state index contributed by atoms with van der Waals surface area (Å²) in [7, 11) is 0. The van der Waals surface area contributed by atoms with Crippen LogP contribution in [0.2, 0.25) is 0 Å². The van der Waals surface area contributed by atoms with E-state index in [4.69, 9.17) is 5.26 Å². The third kappa shape index (κ3) is 2.76. The third-order valence-corrected chi connectivity index (χ3v) is 5.20. The van der Waals surface area contributed by atoms with Gasteiger partial charge in [0.2, 0.25) is 0 Å². The van der Waals surface area contributed by atoms with E-state index >= 15 is 0 Å². The number of likely N-dealkylation sites (tertiary alicyclic amines) is 1. The third-order valence-electron chi connectivity index (χ3n) is 5.20. The number of aryl methyl sites for hydroxylation is 1. The average molecular weight is 347 g/mol. The molecule has 0 N–H and O–H groups in total. The van der Waals surface area contributed by atoms with E-state index in [1.165, 1.54) is 0 Å². The van der Waals surface area contributed by atoms with Crippen molar-refractivity contribution in [1.29, 1.82) is 5.26 Å². The Morgan fingerprint density at radius 2 is 2.23 bits per heavy atom. The summed E-state index contributed by atoms with van der Waals surface area (Å²) in [5, 5.41) is 9.98. The number of carbonyl (C=O) groups is 1. The second kappa shape index (κ2) is 6.68. The van der Waals surface area contributed by atoms with Gasteiger partial charge >= 0.3 is 0 Å². The van der Waals surface area contributed by atoms with Gasteiger partial charge in [0, 0.05) is 42.6 Å². The molecule has 0 bridgehead atoms. The molecule has 2 aromatic heterocycles. The first-order chi connectivity index (χ1) is 12.7. The van der Waals surface area contributed by atoms with Gasteiger partial charge in [-0.15, -0.1) is 0 Å². The Hall–Kier alpha value is -3.07. The summed E-state index contributed by atoms with van der Waals surface area (Å²) in [5.74, 6) is 1.02. The molecule has 1 aliphatic heterocycles. The van der Waals surface area contributed by atoms with E-state index < -0.39 is 0 Å². The fraction of sp³-hybridized carbons (Fsp3) is 0.350. The Morgan fingerprint density at radius 3 is 3.00 bits per heavy atom. The van der Waals surface area contributed by atoms with Crippen LogP contribution in [0, 0.1) is 18.3 Å². The number of hydrogen-bond donors (Lipinski definition) is 0. The smallest absolute Gasteiger partial charge is 0.256 e. The number of benzene rings is 1. The Kier molecular flexibility index (Phi) is 4.21. The number of hydrogen-bond acceptors (Lipinski definition) is 3. The van der Waals surface area contributed by atoms with Crippen LogP contribution in [-0.2, 0) is 6.54 Å². The maximum absolute atomic E-state index is 13.2. The molecule has 0 radical (unpaired) electrons. The highest BCUT2D eigenvalue weighted by Gasteiger charge is 2.27. The molecule has 0 saturated carbocycles. The van der Waals surface area contributed by atoms with Gasteiger partial charge in [-0.2, -0.15) is 5.26 Å². The number of para-hydroxylation sites is 1. The van der Waals surface area contributed by atoms with Crippen molar-refractivity contribution in [1.82, 2.24) is 19.0 Å². The van der Waals surface area contributed by atoms with Crippen molar-refractivity contribution >= 4 is 16.8 Å². The van der Waals surface area contributed by atoms with Crippen LogP contribution in [-0.4, -0.2) is 38.0 Å². The minimum Gasteiger partial charge on any atom is -0.337 e. The molecule has 1 amide bonds. The first-order valence-corrected chi connectivity index (χ1v) is 8.92. The molecule has 132 valence electrons. The molecule has 1 aromatic carbocycles. The summed E-state index contributed by atoms with van der Waals surface area (Å²) in [6.45, 7) is 3.69. The standard InChI is InChI=1S/C20H21N5O/c1-15-22-9-12-25(15)16-5-4-10-24(13-16)20(26)18-14-23(11-8-21)19-7-3-2-6-17(18)19/h2-3,6-7,9,12,14,16H,4-5,10-11,13H2,1H3/t16-/m1/s1. The molecule has 0 aliphatic carbocycles. The number of fused-ring (bicyclic) bond motifs is 1. The molecule has 4 rings (SSSR count). The lowest BCUT2D eigenvalue weighted by molar-refractivity contribution is 0.0680. The number of carbonyl (C=O) groups excluding carboxylic acids is 1. The molecule has 3 aromatic rings. The Morgan fingerprint density at radius 1 is 1.38 bits per heavy atom. The SMILES string of the molecule is Cc1nccn1[C@@H]1CCCN(C(=O)c2cn(CC#N)c3ccccc23)C1. The van der Waals surface area contributed by atoms with Gasteiger partial charge in [0.05, 0.1) is 17.7 Å². The maximum atomic E-state index is 13.2. The first-order valence-electron chi connectivity index (χ1n) is 8.92. The number of amides is 1. The molecule has 3 heterocycles. The summed E-state index contributed by atoms with van der Waals surface area (Å²) < 4.78 is 4.02. The van der Waals surface area contributed by atoms with Crippen LogP contribution in [0.5, 0.6) is 0 Å². The molecular formula is C20H21N5O. The molecule has 6 heteroatoms. The number of nitrogens with zero attached hydrogens (tertiary/aromatic N) is 5. The topological polar surface area (TPSA) is 66.8 Å². The minimum absolute atomic E-state index is 0.0420. The van der Waals surface area contributed by atoms with Crippen LogP contribution >= 0.6 is 0 Å². The fourth-order valence-corrected chi connectivity index (χ4v) is 3.93. The lowest BCUT2D eigenvalue weighted by Crippen LogP contribution is -2.40. The largest absolute Gasteiger partial charge is 0.337 e. The number of aromatic nitrogens is 3. The zero-order valence-electron chi connectivity index (χ0n) is 14.8. The number of piperidine rings is 1. The van der Waals surface area contributed by atoms with Gasteiger partial charge in [-0.25, -0.2) is 4.98 Å². The zero-order chi connectivity index (χ0) is 18.1. The van der Waals surface area contributed by atoms with E-state index in [1.54, 1.807) is 0 Å². The van der Waals surface area contributed by atoms with Crippen LogP contribution in [0.15, 0.2) is 42.9 Å². The predicted molar refractivity (Wildman–Crippen MR) is 98.7 cm³/mol. The van der Waals surface area contributed by atoms with E-state index in [9.17, 15) is 4.79 Å². The van der Waals surface area contributed by atoms with Crippen LogP contribution in [0.3, 0.4) is 0 Å². The van der Waals surface area contributed by atoms with Crippen LogP contribution < -0.4 is 0 Å². The molecular weight excluding hydrogens is 326 g/mol. The second-order valence-corrected chi connectivity index (χ2v) is 6.77. The number of nitriles is 1. The summed E-state index contributed by atoms with van der Waals surface area (Å²) in [6, 6.07) is 10.2. The zero-order valence-corrected chi connectivity index (χ0v) is 14.8. The van der Waals surface area contributed by atoms with E-state index in [0.29, 0.717) is 12.1 Å². The monoisotopic (exact) mass is 347 g/mol. The van der Waals surface area contributed by atoms with Gasteiger partial charge in [0.1, 0.15) is 12.4 Å². The average Bonchev–Trinajstić information content (AvgIpc) is 3.26. The van der Waals surface area contributed by atoms with Gasteiger partial charge in [-0.05, 0) is 25.8 Å². The molecule has 0 unspecified atom stereocenters. The Balaban J connectivity index is 1.64. The lowest BCUT2D eigenvalue weighted by atomic mass is 10.0. The van der Waals surface area contributed by atoms with Crippen molar-refractivity contribution in [3.05, 3.63) is 54.2 Å². The molecule has 0 spiro atoms. The molecule has 1 atom stereocenters. The highest BCUT2D eigenvalue weighted by molar-refractivity contribution is 6.07. The minimum atomic E-state index is 0.0420. The normalized spacial score (nSPS) is 17.4. The van der Waals surface area contributed by atoms with E-state index in [2.05, 4.69) is 15.6 Å². The van der Waals surface area contributed by atoms with E-state index in [0.717, 1.165) is 36.1 Å². The van der Waals surface area contributed by atoms with Gasteiger partial charge in [-0.3, -0.25) is 4.79 Å². The number of imidazole rings is 1. The van der Waals surface area contributed by atoms with Crippen molar-refractivity contribution in [3.63, 3.8) is 0 Å². The van der Waals surface area contributed by atoms with Crippen molar-refractivity contribution in [3.8, 4) is 6.07 Å². The van der Waals surface area contributed by atoms with Crippen molar-refractivity contribution < 1.29 is 4.79 Å². The van der Waals surface area contributed by atoms with Gasteiger partial charge in [0.15, 0.2) is 0 Å². The molecule has 6 nitrogen and oxygen atoms in total. The molecule has 1 fully saturated rings. The molecule has 1 aliphatic rings. The molecule has 1 saturated heterocycles. The number of rotatable bonds is 3. The summed E-state index contributed by atoms with van der Waals surface area (Å²) in [5.41, 5.74) is 1.61. The van der Waals surface area contributed by atoms with Crippen LogP contribution in [0.25, 0.3) is 10.9 Å². The second-order valence-electron chi connectivity index (χ2n) is 6.77. The van der Waals surface area contributed by atoms with Crippen molar-refractivity contribution in [2.75, 3.05) is 13.1 Å². The lowest BCUT2D eigenvalue weighted by Gasteiger charge is -2.34. The highest BCUT2D eigenvalue weighted by atomic mass is 16.2. The van der Waals surface area contributed by atoms with Crippen molar-refractivity contribution in [2.45, 2.75) is 32.4 Å². The maximum Gasteiger partial charge on any atom is 0.256 e. The van der Waals surface area contributed by atoms with E-state index in [1.807, 2.05) is 59.2 Å². The van der Waals surface area contributed by atoms with Gasteiger partial charge in [-0.1, -0.05) is 18.2 Å². The Bertz CT molecular complexity index is 993. The van der Waals surface area contributed by atoms with E-state index in [-0.39, 0.29) is 18.5 Å². The Labute approximate surface area is 152 Å². The first kappa shape index (κ1) is 16.4. The fourth-order valence-electron chi connectivity index (χ4n) is 3.93. The van der Waals surface area contributed by atoms with Gasteiger partial charge in [0.25, 0.3) is 5.91 Å². The van der Waals surface area contributed by atoms with Crippen molar-refractivity contribution in [2.24, 2.45) is 0 Å². The summed E-state index contributed by atoms with van der Waals surface area (Å²) in [4.78, 5) is 19.5. The summed E-state index contributed by atoms with van der Waals surface area (Å²) >= 11 is 0. The van der Waals surface area contributed by atoms with Crippen LogP contribution in [0.4, 0.5) is 0 Å². The molecule has 26 heavy (non-hydrogen) atoms. The van der Waals surface area contributed by atoms with Gasteiger partial charge < -0.3 is 14.0 Å². The summed E-state index contributed by atoms with van der Waals surface area (Å²) in [6.07, 6.45) is 7.66. The predicted octanol–water partition coefficient (Wildman–Crippen LogP) is 3.15.